The maximum atomic E-state index is 11.4. The van der Waals surface area contributed by atoms with Gasteiger partial charge in [-0.25, -0.2) is 5.84 Å². The number of nitrogen functional groups attached to an aromatic ring is 1. The molecule has 6 heteroatoms. The molecule has 2 rings (SSSR count). The van der Waals surface area contributed by atoms with E-state index in [4.69, 9.17) is 10.4 Å². The quantitative estimate of drug-likeness (QED) is 0.421. The maximum Gasteiger partial charge on any atom is 0.287 e. The minimum absolute atomic E-state index is 0.308. The van der Waals surface area contributed by atoms with Gasteiger partial charge in [-0.15, -0.1) is 0 Å². The van der Waals surface area contributed by atoms with Crippen molar-refractivity contribution in [2.75, 3.05) is 6.54 Å². The van der Waals surface area contributed by atoms with E-state index in [2.05, 4.69) is 29.3 Å². The van der Waals surface area contributed by atoms with Crippen molar-refractivity contribution in [3.63, 3.8) is 0 Å². The van der Waals surface area contributed by atoms with Gasteiger partial charge in [0.1, 0.15) is 5.76 Å². The summed E-state index contributed by atoms with van der Waals surface area (Å²) in [5.74, 6) is 5.50. The smallest absolute Gasteiger partial charge is 0.287 e. The second-order valence-corrected chi connectivity index (χ2v) is 4.22. The topological polar surface area (TPSA) is 84.4 Å². The number of hydrogen-bond donors (Lipinski definition) is 2. The van der Waals surface area contributed by atoms with Crippen LogP contribution in [0.3, 0.4) is 0 Å². The molecular formula is C10H16N4O2. The van der Waals surface area contributed by atoms with Gasteiger partial charge in [0.25, 0.3) is 5.91 Å². The fraction of sp³-hybridized carbons (Fsp3) is 0.600. The van der Waals surface area contributed by atoms with E-state index in [0.717, 1.165) is 24.3 Å². The van der Waals surface area contributed by atoms with Crippen molar-refractivity contribution in [3.8, 4) is 0 Å². The van der Waals surface area contributed by atoms with Crippen LogP contribution in [0.15, 0.2) is 4.52 Å². The van der Waals surface area contributed by atoms with Gasteiger partial charge in [-0.3, -0.25) is 15.1 Å². The minimum atomic E-state index is -0.393. The molecule has 6 nitrogen and oxygen atoms in total. The lowest BCUT2D eigenvalue weighted by atomic mass is 10.0. The van der Waals surface area contributed by atoms with Crippen LogP contribution in [-0.2, 0) is 13.0 Å². The number of hydrazine groups is 1. The SMILES string of the molecule is CC(C)N1CCc2onc(C(=O)NN)c2C1. The van der Waals surface area contributed by atoms with Crippen molar-refractivity contribution in [2.24, 2.45) is 5.84 Å². The summed E-state index contributed by atoms with van der Waals surface area (Å²) in [6.45, 7) is 5.88. The highest BCUT2D eigenvalue weighted by molar-refractivity contribution is 5.93. The largest absolute Gasteiger partial charge is 0.360 e. The van der Waals surface area contributed by atoms with Gasteiger partial charge in [-0.2, -0.15) is 0 Å². The zero-order valence-corrected chi connectivity index (χ0v) is 9.49. The van der Waals surface area contributed by atoms with Gasteiger partial charge in [0, 0.05) is 31.1 Å². The molecule has 88 valence electrons. The summed E-state index contributed by atoms with van der Waals surface area (Å²) < 4.78 is 5.15. The average Bonchev–Trinajstić information content (AvgIpc) is 2.70. The van der Waals surface area contributed by atoms with E-state index in [1.165, 1.54) is 0 Å². The highest BCUT2D eigenvalue weighted by Crippen LogP contribution is 2.23. The highest BCUT2D eigenvalue weighted by Gasteiger charge is 2.27. The van der Waals surface area contributed by atoms with Gasteiger partial charge in [0.2, 0.25) is 0 Å². The Labute approximate surface area is 93.7 Å². The van der Waals surface area contributed by atoms with E-state index >= 15 is 0 Å². The fourth-order valence-corrected chi connectivity index (χ4v) is 1.92. The number of hydrogen-bond acceptors (Lipinski definition) is 5. The van der Waals surface area contributed by atoms with Gasteiger partial charge in [-0.05, 0) is 13.8 Å². The Kier molecular flexibility index (Phi) is 2.93. The lowest BCUT2D eigenvalue weighted by Gasteiger charge is -2.29. The highest BCUT2D eigenvalue weighted by atomic mass is 16.5. The third-order valence-electron chi connectivity index (χ3n) is 2.93. The molecule has 1 aliphatic heterocycles. The summed E-state index contributed by atoms with van der Waals surface area (Å²) >= 11 is 0. The van der Waals surface area contributed by atoms with Crippen molar-refractivity contribution in [1.82, 2.24) is 15.5 Å². The number of rotatable bonds is 2. The standard InChI is InChI=1S/C10H16N4O2/c1-6(2)14-4-3-8-7(5-14)9(13-16-8)10(15)12-11/h6H,3-5,11H2,1-2H3,(H,12,15). The normalized spacial score (nSPS) is 16.2. The van der Waals surface area contributed by atoms with Gasteiger partial charge in [0.15, 0.2) is 5.69 Å². The van der Waals surface area contributed by atoms with Crippen LogP contribution in [-0.4, -0.2) is 28.6 Å². The molecule has 2 heterocycles. The number of aromatic nitrogens is 1. The first-order valence-corrected chi connectivity index (χ1v) is 5.36. The molecule has 0 aromatic carbocycles. The Morgan fingerprint density at radius 2 is 2.38 bits per heavy atom. The number of carbonyl (C=O) groups is 1. The lowest BCUT2D eigenvalue weighted by molar-refractivity contribution is 0.0942. The first-order chi connectivity index (χ1) is 7.63. The summed E-state index contributed by atoms with van der Waals surface area (Å²) in [6, 6.07) is 0.442. The third-order valence-corrected chi connectivity index (χ3v) is 2.93. The molecule has 3 N–H and O–H groups in total. The molecule has 0 saturated carbocycles. The van der Waals surface area contributed by atoms with Crippen molar-refractivity contribution >= 4 is 5.91 Å². The Hall–Kier alpha value is -1.40. The van der Waals surface area contributed by atoms with Gasteiger partial charge < -0.3 is 4.52 Å². The summed E-state index contributed by atoms with van der Waals surface area (Å²) in [6.07, 6.45) is 0.790. The maximum absolute atomic E-state index is 11.4. The van der Waals surface area contributed by atoms with Crippen LogP contribution in [0.5, 0.6) is 0 Å². The molecule has 1 amide bonds. The predicted molar refractivity (Wildman–Crippen MR) is 57.4 cm³/mol. The van der Waals surface area contributed by atoms with E-state index in [0.29, 0.717) is 18.3 Å². The van der Waals surface area contributed by atoms with Gasteiger partial charge in [0.05, 0.1) is 0 Å². The molecule has 0 aliphatic carbocycles. The van der Waals surface area contributed by atoms with Crippen LogP contribution in [0.4, 0.5) is 0 Å². The zero-order chi connectivity index (χ0) is 11.7. The molecule has 0 bridgehead atoms. The molecule has 1 aromatic rings. The van der Waals surface area contributed by atoms with Crippen LogP contribution >= 0.6 is 0 Å². The molecule has 1 aromatic heterocycles. The predicted octanol–water partition coefficient (Wildman–Crippen LogP) is 0.0446. The van der Waals surface area contributed by atoms with Gasteiger partial charge in [-0.1, -0.05) is 5.16 Å². The van der Waals surface area contributed by atoms with Gasteiger partial charge >= 0.3 is 0 Å². The molecule has 0 unspecified atom stereocenters. The van der Waals surface area contributed by atoms with Crippen molar-refractivity contribution in [3.05, 3.63) is 17.0 Å². The second-order valence-electron chi connectivity index (χ2n) is 4.22. The first-order valence-electron chi connectivity index (χ1n) is 5.36. The number of nitrogens with zero attached hydrogens (tertiary/aromatic N) is 2. The fourth-order valence-electron chi connectivity index (χ4n) is 1.92. The van der Waals surface area contributed by atoms with E-state index in [9.17, 15) is 4.79 Å². The minimum Gasteiger partial charge on any atom is -0.360 e. The van der Waals surface area contributed by atoms with E-state index in [1.54, 1.807) is 0 Å². The molecule has 0 radical (unpaired) electrons. The number of nitrogens with two attached hydrogens (primary N) is 1. The molecule has 0 fully saturated rings. The second kappa shape index (κ2) is 4.23. The summed E-state index contributed by atoms with van der Waals surface area (Å²) in [4.78, 5) is 13.7. The van der Waals surface area contributed by atoms with Crippen LogP contribution in [0.25, 0.3) is 0 Å². The van der Waals surface area contributed by atoms with Crippen LogP contribution < -0.4 is 11.3 Å². The molecule has 0 spiro atoms. The summed E-state index contributed by atoms with van der Waals surface area (Å²) in [5.41, 5.74) is 3.25. The third kappa shape index (κ3) is 1.81. The Morgan fingerprint density at radius 1 is 1.62 bits per heavy atom. The monoisotopic (exact) mass is 224 g/mol. The number of carbonyl (C=O) groups excluding carboxylic acids is 1. The average molecular weight is 224 g/mol. The summed E-state index contributed by atoms with van der Waals surface area (Å²) in [5, 5.41) is 3.77. The van der Waals surface area contributed by atoms with E-state index in [1.807, 2.05) is 0 Å². The van der Waals surface area contributed by atoms with Crippen LogP contribution in [0.2, 0.25) is 0 Å². The zero-order valence-electron chi connectivity index (χ0n) is 9.49. The molecule has 0 saturated heterocycles. The number of nitrogens with one attached hydrogen (secondary N) is 1. The molecule has 16 heavy (non-hydrogen) atoms. The first kappa shape index (κ1) is 11.1. The van der Waals surface area contributed by atoms with E-state index in [-0.39, 0.29) is 0 Å². The lowest BCUT2D eigenvalue weighted by Crippen LogP contribution is -2.37. The number of fused-ring (bicyclic) bond motifs is 1. The molecule has 1 aliphatic rings. The number of amides is 1. The van der Waals surface area contributed by atoms with Crippen molar-refractivity contribution in [1.29, 1.82) is 0 Å². The van der Waals surface area contributed by atoms with Crippen LogP contribution in [0.1, 0.15) is 35.7 Å². The molecule has 0 atom stereocenters. The molecular weight excluding hydrogens is 208 g/mol. The Bertz CT molecular complexity index is 400. The Balaban J connectivity index is 2.27. The van der Waals surface area contributed by atoms with E-state index < -0.39 is 5.91 Å². The van der Waals surface area contributed by atoms with Crippen LogP contribution in [0, 0.1) is 0 Å². The van der Waals surface area contributed by atoms with Crippen molar-refractivity contribution < 1.29 is 9.32 Å². The Morgan fingerprint density at radius 3 is 3.00 bits per heavy atom. The van der Waals surface area contributed by atoms with Crippen molar-refractivity contribution in [2.45, 2.75) is 32.9 Å². The summed E-state index contributed by atoms with van der Waals surface area (Å²) in [7, 11) is 0.